The molecule has 0 spiro atoms. The van der Waals surface area contributed by atoms with Crippen molar-refractivity contribution < 1.29 is 13.5 Å². The second-order valence-electron chi connectivity index (χ2n) is 4.83. The first-order chi connectivity index (χ1) is 10.1. The van der Waals surface area contributed by atoms with E-state index < -0.39 is 11.6 Å². The predicted molar refractivity (Wildman–Crippen MR) is 84.0 cm³/mol. The zero-order chi connectivity index (χ0) is 15.2. The summed E-state index contributed by atoms with van der Waals surface area (Å²) in [5.41, 5.74) is 1.49. The van der Waals surface area contributed by atoms with E-state index in [1.54, 1.807) is 0 Å². The quantitative estimate of drug-likeness (QED) is 0.628. The Morgan fingerprint density at radius 2 is 1.95 bits per heavy atom. The van der Waals surface area contributed by atoms with E-state index in [2.05, 4.69) is 22.9 Å². The molecule has 1 nitrogen and oxygen atoms in total. The highest BCUT2D eigenvalue weighted by Crippen LogP contribution is 2.30. The first kappa shape index (κ1) is 16.0. The topological polar surface area (TPSA) is 9.23 Å². The number of hydrogen-bond acceptors (Lipinski definition) is 1. The molecule has 1 atom stereocenters. The molecule has 0 amide bonds. The Balaban J connectivity index is 2.10. The smallest absolute Gasteiger partial charge is 0.129 e. The van der Waals surface area contributed by atoms with Crippen molar-refractivity contribution in [2.45, 2.75) is 24.6 Å². The van der Waals surface area contributed by atoms with E-state index in [1.165, 1.54) is 12.1 Å². The van der Waals surface area contributed by atoms with Crippen LogP contribution in [0.5, 0.6) is 5.75 Å². The number of alkyl halides is 1. The second-order valence-corrected chi connectivity index (χ2v) is 5.93. The molecule has 0 radical (unpaired) electrons. The SMILES string of the molecule is CCCOc1cccc(C(Br)Cc2ccc(F)cc2F)c1. The van der Waals surface area contributed by atoms with Gasteiger partial charge in [0.25, 0.3) is 0 Å². The van der Waals surface area contributed by atoms with Crippen molar-refractivity contribution in [2.75, 3.05) is 6.61 Å². The minimum Gasteiger partial charge on any atom is -0.494 e. The van der Waals surface area contributed by atoms with Gasteiger partial charge >= 0.3 is 0 Å². The fourth-order valence-electron chi connectivity index (χ4n) is 2.02. The van der Waals surface area contributed by atoms with Gasteiger partial charge in [-0.1, -0.05) is 41.1 Å². The fraction of sp³-hybridized carbons (Fsp3) is 0.294. The van der Waals surface area contributed by atoms with Gasteiger partial charge in [-0.15, -0.1) is 0 Å². The Bertz CT molecular complexity index is 601. The number of ether oxygens (including phenoxy) is 1. The highest BCUT2D eigenvalue weighted by atomic mass is 79.9. The van der Waals surface area contributed by atoms with Crippen LogP contribution in [0.2, 0.25) is 0 Å². The van der Waals surface area contributed by atoms with Crippen LogP contribution in [0, 0.1) is 11.6 Å². The minimum absolute atomic E-state index is 0.0531. The standard InChI is InChI=1S/C17H17BrF2O/c1-2-8-21-15-5-3-4-12(9-15)16(18)10-13-6-7-14(19)11-17(13)20/h3-7,9,11,16H,2,8,10H2,1H3. The molecule has 0 saturated heterocycles. The first-order valence-electron chi connectivity index (χ1n) is 6.91. The van der Waals surface area contributed by atoms with Gasteiger partial charge in [0.1, 0.15) is 17.4 Å². The molecule has 0 aromatic heterocycles. The number of hydrogen-bond donors (Lipinski definition) is 0. The Morgan fingerprint density at radius 3 is 2.67 bits per heavy atom. The van der Waals surface area contributed by atoms with E-state index >= 15 is 0 Å². The Labute approximate surface area is 132 Å². The Kier molecular flexibility index (Phi) is 5.74. The Morgan fingerprint density at radius 1 is 1.14 bits per heavy atom. The molecule has 1 unspecified atom stereocenters. The zero-order valence-electron chi connectivity index (χ0n) is 11.8. The van der Waals surface area contributed by atoms with Crippen molar-refractivity contribution >= 4 is 15.9 Å². The molecule has 0 aliphatic rings. The van der Waals surface area contributed by atoms with Crippen LogP contribution in [0.3, 0.4) is 0 Å². The second kappa shape index (κ2) is 7.55. The Hall–Kier alpha value is -1.42. The van der Waals surface area contributed by atoms with Crippen LogP contribution < -0.4 is 4.74 Å². The average Bonchev–Trinajstić information content (AvgIpc) is 2.48. The average molecular weight is 355 g/mol. The van der Waals surface area contributed by atoms with E-state index in [0.29, 0.717) is 18.6 Å². The maximum Gasteiger partial charge on any atom is 0.129 e. The van der Waals surface area contributed by atoms with Crippen molar-refractivity contribution in [3.05, 3.63) is 65.2 Å². The summed E-state index contributed by atoms with van der Waals surface area (Å²) in [6, 6.07) is 11.4. The zero-order valence-corrected chi connectivity index (χ0v) is 13.4. The van der Waals surface area contributed by atoms with Crippen molar-refractivity contribution in [1.82, 2.24) is 0 Å². The highest BCUT2D eigenvalue weighted by Gasteiger charge is 2.13. The molecular formula is C17H17BrF2O. The summed E-state index contributed by atoms with van der Waals surface area (Å²) in [5.74, 6) is -0.270. The summed E-state index contributed by atoms with van der Waals surface area (Å²) in [6.07, 6.45) is 1.39. The molecule has 0 saturated carbocycles. The minimum atomic E-state index is -0.558. The summed E-state index contributed by atoms with van der Waals surface area (Å²) in [6.45, 7) is 2.72. The van der Waals surface area contributed by atoms with Gasteiger partial charge in [0.05, 0.1) is 6.61 Å². The highest BCUT2D eigenvalue weighted by molar-refractivity contribution is 9.09. The molecule has 0 fully saturated rings. The third-order valence-electron chi connectivity index (χ3n) is 3.11. The van der Waals surface area contributed by atoms with Crippen molar-refractivity contribution in [1.29, 1.82) is 0 Å². The van der Waals surface area contributed by atoms with Gasteiger partial charge in [0.15, 0.2) is 0 Å². The molecular weight excluding hydrogens is 338 g/mol. The molecule has 4 heteroatoms. The lowest BCUT2D eigenvalue weighted by Gasteiger charge is -2.13. The van der Waals surface area contributed by atoms with Gasteiger partial charge in [-0.2, -0.15) is 0 Å². The van der Waals surface area contributed by atoms with Crippen molar-refractivity contribution in [2.24, 2.45) is 0 Å². The van der Waals surface area contributed by atoms with Crippen LogP contribution >= 0.6 is 15.9 Å². The molecule has 0 aliphatic carbocycles. The summed E-state index contributed by atoms with van der Waals surface area (Å²) >= 11 is 3.56. The van der Waals surface area contributed by atoms with Crippen LogP contribution in [0.25, 0.3) is 0 Å². The monoisotopic (exact) mass is 354 g/mol. The molecule has 21 heavy (non-hydrogen) atoms. The number of benzene rings is 2. The molecule has 0 heterocycles. The summed E-state index contributed by atoms with van der Waals surface area (Å²) < 4.78 is 32.2. The normalized spacial score (nSPS) is 12.2. The lowest BCUT2D eigenvalue weighted by Crippen LogP contribution is -2.00. The lowest BCUT2D eigenvalue weighted by molar-refractivity contribution is 0.317. The summed E-state index contributed by atoms with van der Waals surface area (Å²) in [7, 11) is 0. The molecule has 2 rings (SSSR count). The van der Waals surface area contributed by atoms with Gasteiger partial charge in [-0.05, 0) is 42.2 Å². The molecule has 0 aliphatic heterocycles. The van der Waals surface area contributed by atoms with Gasteiger partial charge in [0, 0.05) is 10.9 Å². The van der Waals surface area contributed by atoms with Crippen LogP contribution in [0.15, 0.2) is 42.5 Å². The first-order valence-corrected chi connectivity index (χ1v) is 7.82. The third kappa shape index (κ3) is 4.53. The van der Waals surface area contributed by atoms with Crippen molar-refractivity contribution in [3.63, 3.8) is 0 Å². The molecule has 2 aromatic rings. The van der Waals surface area contributed by atoms with E-state index in [9.17, 15) is 8.78 Å². The fourth-order valence-corrected chi connectivity index (χ4v) is 2.65. The number of rotatable bonds is 6. The molecule has 112 valence electrons. The molecule has 2 aromatic carbocycles. The van der Waals surface area contributed by atoms with Crippen LogP contribution in [0.4, 0.5) is 8.78 Å². The largest absolute Gasteiger partial charge is 0.494 e. The maximum atomic E-state index is 13.7. The maximum absolute atomic E-state index is 13.7. The van der Waals surface area contributed by atoms with Gasteiger partial charge in [-0.3, -0.25) is 0 Å². The van der Waals surface area contributed by atoms with Gasteiger partial charge < -0.3 is 4.74 Å². The van der Waals surface area contributed by atoms with Crippen LogP contribution in [-0.2, 0) is 6.42 Å². The molecule has 0 N–H and O–H groups in total. The van der Waals surface area contributed by atoms with E-state index in [-0.39, 0.29) is 4.83 Å². The molecule has 0 bridgehead atoms. The number of halogens is 3. The van der Waals surface area contributed by atoms with Crippen LogP contribution in [0.1, 0.15) is 29.3 Å². The van der Waals surface area contributed by atoms with E-state index in [1.807, 2.05) is 24.3 Å². The van der Waals surface area contributed by atoms with E-state index in [0.717, 1.165) is 23.8 Å². The summed E-state index contributed by atoms with van der Waals surface area (Å²) in [5, 5.41) is 0. The van der Waals surface area contributed by atoms with Gasteiger partial charge in [-0.25, -0.2) is 8.78 Å². The lowest BCUT2D eigenvalue weighted by atomic mass is 10.0. The summed E-state index contributed by atoms with van der Waals surface area (Å²) in [4.78, 5) is -0.0531. The van der Waals surface area contributed by atoms with Gasteiger partial charge in [0.2, 0.25) is 0 Å². The predicted octanol–water partition coefficient (Wildman–Crippen LogP) is 5.43. The van der Waals surface area contributed by atoms with Crippen molar-refractivity contribution in [3.8, 4) is 5.75 Å². The van der Waals surface area contributed by atoms with E-state index in [4.69, 9.17) is 4.74 Å². The van der Waals surface area contributed by atoms with Crippen LogP contribution in [-0.4, -0.2) is 6.61 Å². The third-order valence-corrected chi connectivity index (χ3v) is 3.96.